The lowest BCUT2D eigenvalue weighted by Crippen LogP contribution is -2.41. The van der Waals surface area contributed by atoms with Crippen molar-refractivity contribution in [1.82, 2.24) is 16.0 Å². The number of benzene rings is 1. The van der Waals surface area contributed by atoms with Crippen molar-refractivity contribution < 1.29 is 13.2 Å². The molecule has 1 heterocycles. The second kappa shape index (κ2) is 10.7. The zero-order chi connectivity index (χ0) is 18.3. The number of halogens is 1. The molecule has 0 aromatic heterocycles. The summed E-state index contributed by atoms with van der Waals surface area (Å²) in [4.78, 5) is 16.1. The minimum atomic E-state index is -2.98. The van der Waals surface area contributed by atoms with Crippen LogP contribution in [-0.4, -0.2) is 51.4 Å². The van der Waals surface area contributed by atoms with Crippen LogP contribution in [0.3, 0.4) is 0 Å². The third kappa shape index (κ3) is 7.48. The van der Waals surface area contributed by atoms with Crippen LogP contribution in [0.2, 0.25) is 0 Å². The van der Waals surface area contributed by atoms with Gasteiger partial charge in [0, 0.05) is 26.1 Å². The van der Waals surface area contributed by atoms with Gasteiger partial charge in [0.2, 0.25) is 5.91 Å². The molecule has 0 bridgehead atoms. The molecule has 2 atom stereocenters. The summed E-state index contributed by atoms with van der Waals surface area (Å²) in [6.07, 6.45) is 0.760. The average molecular weight is 494 g/mol. The average Bonchev–Trinajstić information content (AvgIpc) is 2.93. The number of nitrogens with one attached hydrogen (secondary N) is 3. The lowest BCUT2D eigenvalue weighted by molar-refractivity contribution is -0.121. The van der Waals surface area contributed by atoms with Crippen LogP contribution in [0.5, 0.6) is 0 Å². The van der Waals surface area contributed by atoms with E-state index in [0.717, 1.165) is 5.56 Å². The number of aliphatic imine (C=N–C) groups is 1. The first-order chi connectivity index (χ1) is 11.9. The first-order valence-corrected chi connectivity index (χ1v) is 10.2. The van der Waals surface area contributed by atoms with Gasteiger partial charge in [-0.2, -0.15) is 0 Å². The Kier molecular flexibility index (Phi) is 9.34. The van der Waals surface area contributed by atoms with Crippen LogP contribution >= 0.6 is 24.0 Å². The molecule has 1 amide bonds. The summed E-state index contributed by atoms with van der Waals surface area (Å²) < 4.78 is 22.8. The van der Waals surface area contributed by atoms with Gasteiger partial charge in [0.05, 0.1) is 17.5 Å². The van der Waals surface area contributed by atoms with Crippen LogP contribution in [0.1, 0.15) is 31.4 Å². The van der Waals surface area contributed by atoms with Gasteiger partial charge in [0.25, 0.3) is 0 Å². The van der Waals surface area contributed by atoms with Crippen LogP contribution in [0.15, 0.2) is 35.3 Å². The fraction of sp³-hybridized carbons (Fsp3) is 0.529. The molecule has 0 aliphatic carbocycles. The Labute approximate surface area is 172 Å². The topological polar surface area (TPSA) is 99.7 Å². The van der Waals surface area contributed by atoms with E-state index in [2.05, 4.69) is 20.9 Å². The number of hydrogen-bond acceptors (Lipinski definition) is 4. The third-order valence-corrected chi connectivity index (χ3v) is 5.89. The molecule has 1 saturated heterocycles. The maximum absolute atomic E-state index is 11.9. The molecule has 3 N–H and O–H groups in total. The van der Waals surface area contributed by atoms with Crippen molar-refractivity contribution in [1.29, 1.82) is 0 Å². The number of guanidine groups is 1. The molecule has 1 aliphatic heterocycles. The van der Waals surface area contributed by atoms with Crippen LogP contribution < -0.4 is 16.0 Å². The van der Waals surface area contributed by atoms with E-state index in [0.29, 0.717) is 18.9 Å². The first-order valence-electron chi connectivity index (χ1n) is 8.41. The fourth-order valence-electron chi connectivity index (χ4n) is 2.73. The Morgan fingerprint density at radius 1 is 1.31 bits per heavy atom. The molecule has 1 fully saturated rings. The molecule has 1 aromatic rings. The van der Waals surface area contributed by atoms with E-state index in [1.165, 1.54) is 0 Å². The SMILES string of the molecule is CN=C(NCCC(=O)NC1CCS(=O)(=O)C1)NC(C)c1ccccc1.I. The Morgan fingerprint density at radius 3 is 2.58 bits per heavy atom. The molecule has 9 heteroatoms. The standard InChI is InChI=1S/C17H26N4O3S.HI/c1-13(14-6-4-3-5-7-14)20-17(18-2)19-10-8-16(22)21-15-9-11-25(23,24)12-15;/h3-7,13,15H,8-12H2,1-2H3,(H,21,22)(H2,18,19,20);1H. The van der Waals surface area contributed by atoms with Gasteiger partial charge in [0.15, 0.2) is 15.8 Å². The summed E-state index contributed by atoms with van der Waals surface area (Å²) in [6.45, 7) is 2.46. The predicted molar refractivity (Wildman–Crippen MR) is 115 cm³/mol. The van der Waals surface area contributed by atoms with E-state index in [1.54, 1.807) is 7.05 Å². The molecule has 7 nitrogen and oxygen atoms in total. The monoisotopic (exact) mass is 494 g/mol. The quantitative estimate of drug-likeness (QED) is 0.314. The van der Waals surface area contributed by atoms with Crippen molar-refractivity contribution in [3.05, 3.63) is 35.9 Å². The molecular weight excluding hydrogens is 467 g/mol. The number of rotatable bonds is 6. The summed E-state index contributed by atoms with van der Waals surface area (Å²) in [5.74, 6) is 0.669. The summed E-state index contributed by atoms with van der Waals surface area (Å²) in [7, 11) is -1.30. The normalized spacial score (nSPS) is 19.9. The van der Waals surface area contributed by atoms with Crippen LogP contribution in [0.25, 0.3) is 0 Å². The number of carbonyl (C=O) groups is 1. The molecule has 0 saturated carbocycles. The minimum Gasteiger partial charge on any atom is -0.356 e. The van der Waals surface area contributed by atoms with Gasteiger partial charge in [-0.3, -0.25) is 9.79 Å². The van der Waals surface area contributed by atoms with Crippen molar-refractivity contribution in [3.8, 4) is 0 Å². The summed E-state index contributed by atoms with van der Waals surface area (Å²) in [5.41, 5.74) is 1.14. The van der Waals surface area contributed by atoms with E-state index in [4.69, 9.17) is 0 Å². The number of hydrogen-bond donors (Lipinski definition) is 3. The fourth-order valence-corrected chi connectivity index (χ4v) is 4.40. The third-order valence-electron chi connectivity index (χ3n) is 4.12. The zero-order valence-corrected chi connectivity index (χ0v) is 18.2. The highest BCUT2D eigenvalue weighted by Crippen LogP contribution is 2.11. The Hall–Kier alpha value is -1.36. The van der Waals surface area contributed by atoms with Crippen molar-refractivity contribution in [2.24, 2.45) is 4.99 Å². The van der Waals surface area contributed by atoms with E-state index < -0.39 is 9.84 Å². The summed E-state index contributed by atoms with van der Waals surface area (Å²) >= 11 is 0. The molecular formula is C17H27IN4O3S. The maximum Gasteiger partial charge on any atom is 0.222 e. The lowest BCUT2D eigenvalue weighted by atomic mass is 10.1. The van der Waals surface area contributed by atoms with Gasteiger partial charge in [-0.05, 0) is 18.9 Å². The highest BCUT2D eigenvalue weighted by Gasteiger charge is 2.28. The Bertz CT molecular complexity index is 710. The van der Waals surface area contributed by atoms with E-state index in [-0.39, 0.29) is 59.9 Å². The van der Waals surface area contributed by atoms with Crippen LogP contribution in [0.4, 0.5) is 0 Å². The van der Waals surface area contributed by atoms with E-state index >= 15 is 0 Å². The number of amides is 1. The summed E-state index contributed by atoms with van der Waals surface area (Å²) in [5, 5.41) is 9.14. The van der Waals surface area contributed by atoms with E-state index in [9.17, 15) is 13.2 Å². The van der Waals surface area contributed by atoms with Gasteiger partial charge in [-0.1, -0.05) is 30.3 Å². The van der Waals surface area contributed by atoms with Crippen molar-refractivity contribution in [2.45, 2.75) is 31.8 Å². The molecule has 26 heavy (non-hydrogen) atoms. The zero-order valence-electron chi connectivity index (χ0n) is 15.1. The number of sulfone groups is 1. The van der Waals surface area contributed by atoms with Crippen LogP contribution in [-0.2, 0) is 14.6 Å². The second-order valence-electron chi connectivity index (χ2n) is 6.19. The van der Waals surface area contributed by atoms with Crippen molar-refractivity contribution >= 4 is 45.7 Å². The molecule has 0 spiro atoms. The summed E-state index contributed by atoms with van der Waals surface area (Å²) in [6, 6.07) is 9.84. The molecule has 1 aromatic carbocycles. The Morgan fingerprint density at radius 2 is 2.00 bits per heavy atom. The largest absolute Gasteiger partial charge is 0.356 e. The van der Waals surface area contributed by atoms with Gasteiger partial charge in [-0.25, -0.2) is 8.42 Å². The molecule has 1 aliphatic rings. The van der Waals surface area contributed by atoms with Gasteiger partial charge >= 0.3 is 0 Å². The van der Waals surface area contributed by atoms with Crippen LogP contribution in [0, 0.1) is 0 Å². The number of carbonyl (C=O) groups excluding carboxylic acids is 1. The Balaban J connectivity index is 0.00000338. The van der Waals surface area contributed by atoms with Crippen molar-refractivity contribution in [2.75, 3.05) is 25.1 Å². The smallest absolute Gasteiger partial charge is 0.222 e. The first kappa shape index (κ1) is 22.7. The molecule has 146 valence electrons. The van der Waals surface area contributed by atoms with Gasteiger partial charge in [-0.15, -0.1) is 24.0 Å². The predicted octanol–water partition coefficient (Wildman–Crippen LogP) is 1.22. The minimum absolute atomic E-state index is 0. The maximum atomic E-state index is 11.9. The highest BCUT2D eigenvalue weighted by atomic mass is 127. The van der Waals surface area contributed by atoms with Gasteiger partial charge < -0.3 is 16.0 Å². The second-order valence-corrected chi connectivity index (χ2v) is 8.42. The highest BCUT2D eigenvalue weighted by molar-refractivity contribution is 14.0. The molecule has 2 rings (SSSR count). The van der Waals surface area contributed by atoms with Crippen molar-refractivity contribution in [3.63, 3.8) is 0 Å². The lowest BCUT2D eigenvalue weighted by Gasteiger charge is -2.18. The molecule has 2 unspecified atom stereocenters. The molecule has 0 radical (unpaired) electrons. The van der Waals surface area contributed by atoms with E-state index in [1.807, 2.05) is 37.3 Å². The number of nitrogens with zero attached hydrogens (tertiary/aromatic N) is 1. The van der Waals surface area contributed by atoms with Gasteiger partial charge in [0.1, 0.15) is 0 Å².